The van der Waals surface area contributed by atoms with E-state index in [9.17, 15) is 4.79 Å². The molecule has 1 aromatic rings. The van der Waals surface area contributed by atoms with Crippen LogP contribution in [-0.4, -0.2) is 79.6 Å². The molecule has 0 atom stereocenters. The predicted octanol–water partition coefficient (Wildman–Crippen LogP) is 2.72. The van der Waals surface area contributed by atoms with Crippen LogP contribution < -0.4 is 4.74 Å². The highest BCUT2D eigenvalue weighted by molar-refractivity contribution is 5.97. The molecule has 0 aromatic heterocycles. The van der Waals surface area contributed by atoms with Crippen molar-refractivity contribution >= 4 is 5.91 Å². The van der Waals surface area contributed by atoms with Crippen LogP contribution in [0, 0.1) is 0 Å². The minimum atomic E-state index is 0.110. The Hall–Kier alpha value is -1.59. The van der Waals surface area contributed by atoms with Crippen LogP contribution in [-0.2, 0) is 0 Å². The van der Waals surface area contributed by atoms with E-state index in [1.807, 2.05) is 29.2 Å². The number of carbonyl (C=O) groups excluding carboxylic acids is 1. The van der Waals surface area contributed by atoms with Gasteiger partial charge in [-0.1, -0.05) is 25.5 Å². The van der Waals surface area contributed by atoms with Gasteiger partial charge in [0.25, 0.3) is 5.91 Å². The van der Waals surface area contributed by atoms with Gasteiger partial charge in [0, 0.05) is 38.3 Å². The van der Waals surface area contributed by atoms with Gasteiger partial charge in [-0.2, -0.15) is 0 Å². The Morgan fingerprint density at radius 2 is 1.85 bits per heavy atom. The van der Waals surface area contributed by atoms with Crippen LogP contribution in [0.15, 0.2) is 24.3 Å². The molecule has 2 aliphatic rings. The van der Waals surface area contributed by atoms with Crippen molar-refractivity contribution in [3.05, 3.63) is 29.8 Å². The average molecular weight is 360 g/mol. The molecular formula is C21H33N3O2. The normalized spacial score (nSPS) is 21.1. The molecule has 144 valence electrons. The number of hydrogen-bond acceptors (Lipinski definition) is 4. The molecule has 5 nitrogen and oxygen atoms in total. The van der Waals surface area contributed by atoms with Gasteiger partial charge >= 0.3 is 0 Å². The van der Waals surface area contributed by atoms with Gasteiger partial charge in [0.05, 0.1) is 12.2 Å². The van der Waals surface area contributed by atoms with Gasteiger partial charge in [0.15, 0.2) is 0 Å². The molecular weight excluding hydrogens is 326 g/mol. The highest BCUT2D eigenvalue weighted by Gasteiger charge is 2.42. The third-order valence-electron chi connectivity index (χ3n) is 6.05. The molecule has 0 unspecified atom stereocenters. The van der Waals surface area contributed by atoms with Gasteiger partial charge in [-0.15, -0.1) is 0 Å². The van der Waals surface area contributed by atoms with Crippen molar-refractivity contribution in [2.45, 2.75) is 38.1 Å². The number of rotatable bonds is 5. The Balaban J connectivity index is 1.65. The van der Waals surface area contributed by atoms with E-state index >= 15 is 0 Å². The second kappa shape index (κ2) is 8.40. The molecule has 0 N–H and O–H groups in total. The quantitative estimate of drug-likeness (QED) is 0.758. The minimum Gasteiger partial charge on any atom is -0.493 e. The van der Waals surface area contributed by atoms with E-state index in [0.717, 1.165) is 64.2 Å². The highest BCUT2D eigenvalue weighted by Crippen LogP contribution is 2.32. The standard InChI is InChI=1S/C21H33N3O2/c1-4-5-16-26-19-9-7-6-8-18(19)20(25)24-12-10-21(11-13-24)17-22(2)14-15-23(21)3/h6-9H,4-5,10-17H2,1-3H3. The number of piperidine rings is 1. The van der Waals surface area contributed by atoms with Crippen molar-refractivity contribution in [1.82, 2.24) is 14.7 Å². The lowest BCUT2D eigenvalue weighted by atomic mass is 9.83. The molecule has 0 aliphatic carbocycles. The van der Waals surface area contributed by atoms with Gasteiger partial charge < -0.3 is 14.5 Å². The van der Waals surface area contributed by atoms with E-state index < -0.39 is 0 Å². The second-order valence-electron chi connectivity index (χ2n) is 7.87. The van der Waals surface area contributed by atoms with Crippen LogP contribution >= 0.6 is 0 Å². The second-order valence-corrected chi connectivity index (χ2v) is 7.87. The molecule has 2 aliphatic heterocycles. The van der Waals surface area contributed by atoms with Gasteiger partial charge in [-0.05, 0) is 45.5 Å². The Bertz CT molecular complexity index is 611. The summed E-state index contributed by atoms with van der Waals surface area (Å²) in [5.74, 6) is 0.833. The minimum absolute atomic E-state index is 0.110. The third-order valence-corrected chi connectivity index (χ3v) is 6.05. The zero-order valence-electron chi connectivity index (χ0n) is 16.5. The third kappa shape index (κ3) is 4.04. The van der Waals surface area contributed by atoms with E-state index in [2.05, 4.69) is 30.8 Å². The van der Waals surface area contributed by atoms with Gasteiger partial charge in [-0.3, -0.25) is 9.69 Å². The summed E-state index contributed by atoms with van der Waals surface area (Å²) < 4.78 is 5.87. The Kier molecular flexibility index (Phi) is 6.20. The molecule has 1 spiro atoms. The number of likely N-dealkylation sites (tertiary alicyclic amines) is 1. The van der Waals surface area contributed by atoms with Crippen molar-refractivity contribution < 1.29 is 9.53 Å². The first kappa shape index (κ1) is 19.2. The summed E-state index contributed by atoms with van der Waals surface area (Å²) in [4.78, 5) is 20.0. The topological polar surface area (TPSA) is 36.0 Å². The van der Waals surface area contributed by atoms with E-state index in [0.29, 0.717) is 12.2 Å². The number of hydrogen-bond donors (Lipinski definition) is 0. The van der Waals surface area contributed by atoms with Crippen LogP contribution in [0.25, 0.3) is 0 Å². The van der Waals surface area contributed by atoms with Crippen molar-refractivity contribution in [2.24, 2.45) is 0 Å². The molecule has 26 heavy (non-hydrogen) atoms. The van der Waals surface area contributed by atoms with Crippen LogP contribution in [0.5, 0.6) is 5.75 Å². The number of likely N-dealkylation sites (N-methyl/N-ethyl adjacent to an activating group) is 2. The van der Waals surface area contributed by atoms with Gasteiger partial charge in [0.1, 0.15) is 5.75 Å². The summed E-state index contributed by atoms with van der Waals surface area (Å²) in [6.07, 6.45) is 4.18. The fraction of sp³-hybridized carbons (Fsp3) is 0.667. The molecule has 2 saturated heterocycles. The van der Waals surface area contributed by atoms with Crippen LogP contribution in [0.1, 0.15) is 43.0 Å². The first-order valence-corrected chi connectivity index (χ1v) is 9.96. The van der Waals surface area contributed by atoms with Crippen molar-refractivity contribution in [1.29, 1.82) is 0 Å². The van der Waals surface area contributed by atoms with Crippen molar-refractivity contribution in [3.63, 3.8) is 0 Å². The Morgan fingerprint density at radius 3 is 2.58 bits per heavy atom. The van der Waals surface area contributed by atoms with Gasteiger partial charge in [-0.25, -0.2) is 0 Å². The van der Waals surface area contributed by atoms with Crippen LogP contribution in [0.3, 0.4) is 0 Å². The highest BCUT2D eigenvalue weighted by atomic mass is 16.5. The summed E-state index contributed by atoms with van der Waals surface area (Å²) >= 11 is 0. The fourth-order valence-electron chi connectivity index (χ4n) is 4.19. The first-order chi connectivity index (χ1) is 12.6. The molecule has 0 saturated carbocycles. The molecule has 3 rings (SSSR count). The lowest BCUT2D eigenvalue weighted by molar-refractivity contribution is -0.0158. The van der Waals surface area contributed by atoms with E-state index in [1.165, 1.54) is 0 Å². The summed E-state index contributed by atoms with van der Waals surface area (Å²) in [5.41, 5.74) is 0.926. The maximum atomic E-state index is 13.1. The average Bonchev–Trinajstić information content (AvgIpc) is 2.66. The zero-order valence-corrected chi connectivity index (χ0v) is 16.5. The number of piperazine rings is 1. The molecule has 1 aromatic carbocycles. The summed E-state index contributed by atoms with van der Waals surface area (Å²) in [7, 11) is 4.44. The number of carbonyl (C=O) groups is 1. The Morgan fingerprint density at radius 1 is 1.12 bits per heavy atom. The SMILES string of the molecule is CCCCOc1ccccc1C(=O)N1CCC2(CC1)CN(C)CCN2C. The number of ether oxygens (including phenoxy) is 1. The Labute approximate surface area is 157 Å². The van der Waals surface area contributed by atoms with Crippen molar-refractivity contribution in [3.8, 4) is 5.75 Å². The lowest BCUT2D eigenvalue weighted by Gasteiger charge is -2.52. The van der Waals surface area contributed by atoms with E-state index in [1.54, 1.807) is 0 Å². The fourth-order valence-corrected chi connectivity index (χ4v) is 4.19. The largest absolute Gasteiger partial charge is 0.493 e. The number of para-hydroxylation sites is 1. The monoisotopic (exact) mass is 359 g/mol. The molecule has 0 radical (unpaired) electrons. The number of unbranched alkanes of at least 4 members (excludes halogenated alkanes) is 1. The van der Waals surface area contributed by atoms with E-state index in [-0.39, 0.29) is 11.4 Å². The zero-order chi connectivity index (χ0) is 18.6. The predicted molar refractivity (Wildman–Crippen MR) is 105 cm³/mol. The molecule has 0 bridgehead atoms. The number of amides is 1. The first-order valence-electron chi connectivity index (χ1n) is 9.96. The summed E-state index contributed by atoms with van der Waals surface area (Å²) in [6.45, 7) is 7.79. The summed E-state index contributed by atoms with van der Waals surface area (Å²) in [5, 5.41) is 0. The number of nitrogens with zero attached hydrogens (tertiary/aromatic N) is 3. The van der Waals surface area contributed by atoms with Crippen molar-refractivity contribution in [2.75, 3.05) is 53.4 Å². The van der Waals surface area contributed by atoms with Crippen LogP contribution in [0.2, 0.25) is 0 Å². The number of benzene rings is 1. The molecule has 1 amide bonds. The van der Waals surface area contributed by atoms with Crippen LogP contribution in [0.4, 0.5) is 0 Å². The maximum absolute atomic E-state index is 13.1. The molecule has 5 heteroatoms. The lowest BCUT2D eigenvalue weighted by Crippen LogP contribution is -2.64. The maximum Gasteiger partial charge on any atom is 0.257 e. The van der Waals surface area contributed by atoms with E-state index in [4.69, 9.17) is 4.74 Å². The molecule has 2 fully saturated rings. The smallest absolute Gasteiger partial charge is 0.257 e. The van der Waals surface area contributed by atoms with Gasteiger partial charge in [0.2, 0.25) is 0 Å². The summed E-state index contributed by atoms with van der Waals surface area (Å²) in [6, 6.07) is 7.68. The molecule has 2 heterocycles.